The number of nitrogens with zero attached hydrogens (tertiary/aromatic N) is 2. The van der Waals surface area contributed by atoms with E-state index in [1.807, 2.05) is 0 Å². The van der Waals surface area contributed by atoms with Crippen molar-refractivity contribution in [3.05, 3.63) is 54.1 Å². The molecular weight excluding hydrogens is 471 g/mol. The maximum Gasteiger partial charge on any atom is 0.244 e. The van der Waals surface area contributed by atoms with Crippen LogP contribution in [0.4, 0.5) is 13.2 Å². The second-order valence-corrected chi connectivity index (χ2v) is 10.8. The first-order chi connectivity index (χ1) is 16.0. The molecule has 11 heteroatoms. The summed E-state index contributed by atoms with van der Waals surface area (Å²) in [6, 6.07) is 4.00. The van der Waals surface area contributed by atoms with Gasteiger partial charge >= 0.3 is 0 Å². The molecule has 0 radical (unpaired) electrons. The van der Waals surface area contributed by atoms with Gasteiger partial charge in [0.05, 0.1) is 6.61 Å². The van der Waals surface area contributed by atoms with Gasteiger partial charge in [0, 0.05) is 49.1 Å². The van der Waals surface area contributed by atoms with Crippen LogP contribution < -0.4 is 10.1 Å². The van der Waals surface area contributed by atoms with E-state index in [1.54, 1.807) is 19.9 Å². The number of halogens is 3. The van der Waals surface area contributed by atoms with Crippen molar-refractivity contribution in [3.63, 3.8) is 0 Å². The van der Waals surface area contributed by atoms with Gasteiger partial charge in [0.2, 0.25) is 15.9 Å². The number of nitrogens with one attached hydrogen (secondary N) is 1. The Morgan fingerprint density at radius 2 is 1.85 bits per heavy atom. The van der Waals surface area contributed by atoms with E-state index < -0.39 is 38.6 Å². The van der Waals surface area contributed by atoms with Crippen LogP contribution in [0.15, 0.2) is 41.6 Å². The Balaban J connectivity index is 1.45. The molecule has 186 valence electrons. The van der Waals surface area contributed by atoms with Crippen molar-refractivity contribution < 1.29 is 31.1 Å². The molecule has 0 spiro atoms. The molecule has 1 aliphatic rings. The molecule has 34 heavy (non-hydrogen) atoms. The molecule has 2 heterocycles. The van der Waals surface area contributed by atoms with E-state index in [9.17, 15) is 26.4 Å². The van der Waals surface area contributed by atoms with E-state index in [1.165, 1.54) is 22.8 Å². The molecule has 0 saturated carbocycles. The van der Waals surface area contributed by atoms with Crippen molar-refractivity contribution in [3.8, 4) is 5.75 Å². The molecule has 1 aromatic carbocycles. The highest BCUT2D eigenvalue weighted by atomic mass is 32.2. The molecule has 1 aliphatic heterocycles. The molecule has 7 nitrogen and oxygen atoms in total. The number of piperidine rings is 1. The maximum atomic E-state index is 13.6. The van der Waals surface area contributed by atoms with Gasteiger partial charge in [0.15, 0.2) is 17.4 Å². The average molecular weight is 500 g/mol. The molecule has 0 atom stereocenters. The van der Waals surface area contributed by atoms with Crippen LogP contribution in [0, 0.1) is 22.9 Å². The first-order valence-electron chi connectivity index (χ1n) is 11.0. The third-order valence-electron chi connectivity index (χ3n) is 5.83. The monoisotopic (exact) mass is 499 g/mol. The lowest BCUT2D eigenvalue weighted by molar-refractivity contribution is -0.130. The topological polar surface area (TPSA) is 88.6 Å². The number of carbonyl (C=O) groups excluding carboxylic acids is 1. The first kappa shape index (κ1) is 26.0. The number of ether oxygens (including phenoxy) is 1. The first-order valence-corrected chi connectivity index (χ1v) is 12.4. The van der Waals surface area contributed by atoms with Gasteiger partial charge < -0.3 is 10.1 Å². The van der Waals surface area contributed by atoms with Gasteiger partial charge in [-0.05, 0) is 37.8 Å². The number of aromatic nitrogens is 1. The Bertz CT molecular complexity index is 1080. The molecule has 0 bridgehead atoms. The largest absolute Gasteiger partial charge is 0.488 e. The molecule has 1 N–H and O–H groups in total. The van der Waals surface area contributed by atoms with E-state index in [0.29, 0.717) is 37.8 Å². The highest BCUT2D eigenvalue weighted by Gasteiger charge is 2.33. The number of rotatable bonds is 9. The Labute approximate surface area is 197 Å². The summed E-state index contributed by atoms with van der Waals surface area (Å²) in [5.41, 5.74) is -0.776. The fraction of sp³-hybridized carbons (Fsp3) is 0.478. The molecule has 1 fully saturated rings. The summed E-state index contributed by atoms with van der Waals surface area (Å²) in [5.74, 6) is -4.10. The van der Waals surface area contributed by atoms with Crippen LogP contribution in [0.3, 0.4) is 0 Å². The number of sulfonamides is 1. The zero-order valence-corrected chi connectivity index (χ0v) is 19.9. The third kappa shape index (κ3) is 6.26. The van der Waals surface area contributed by atoms with Crippen molar-refractivity contribution in [1.29, 1.82) is 0 Å². The van der Waals surface area contributed by atoms with E-state index in [-0.39, 0.29) is 36.5 Å². The van der Waals surface area contributed by atoms with Gasteiger partial charge in [0.1, 0.15) is 10.7 Å². The van der Waals surface area contributed by atoms with Crippen LogP contribution in [0.25, 0.3) is 0 Å². The number of benzene rings is 1. The Kier molecular flexibility index (Phi) is 8.19. The summed E-state index contributed by atoms with van der Waals surface area (Å²) in [5, 5.41) is 2.98. The fourth-order valence-corrected chi connectivity index (χ4v) is 5.17. The van der Waals surface area contributed by atoms with Crippen LogP contribution in [-0.4, -0.2) is 49.4 Å². The molecule has 1 aromatic heterocycles. The SMILES string of the molecule is CC(C)(CCCOc1c(F)cc(F)cc1F)C(=O)NC1CCN(S(=O)(=O)c2cccnc2)CC1. The zero-order chi connectivity index (χ0) is 24.9. The lowest BCUT2D eigenvalue weighted by Gasteiger charge is -2.33. The summed E-state index contributed by atoms with van der Waals surface area (Å²) in [7, 11) is -3.62. The van der Waals surface area contributed by atoms with Crippen LogP contribution in [0.2, 0.25) is 0 Å². The second-order valence-electron chi connectivity index (χ2n) is 8.88. The van der Waals surface area contributed by atoms with Crippen molar-refractivity contribution in [2.45, 2.75) is 50.5 Å². The van der Waals surface area contributed by atoms with E-state index in [4.69, 9.17) is 4.74 Å². The molecule has 2 aromatic rings. The highest BCUT2D eigenvalue weighted by molar-refractivity contribution is 7.89. The summed E-state index contributed by atoms with van der Waals surface area (Å²) >= 11 is 0. The normalized spacial score (nSPS) is 15.8. The predicted octanol–water partition coefficient (Wildman–Crippen LogP) is 3.65. The lowest BCUT2D eigenvalue weighted by atomic mass is 9.86. The van der Waals surface area contributed by atoms with Gasteiger partial charge in [-0.25, -0.2) is 21.6 Å². The third-order valence-corrected chi connectivity index (χ3v) is 7.71. The molecule has 0 unspecified atom stereocenters. The molecule has 0 aliphatic carbocycles. The van der Waals surface area contributed by atoms with Crippen LogP contribution in [0.1, 0.15) is 39.5 Å². The number of hydrogen-bond donors (Lipinski definition) is 1. The molecule has 1 amide bonds. The number of hydrogen-bond acceptors (Lipinski definition) is 5. The number of amides is 1. The standard InChI is InChI=1S/C23H28F3N3O4S/c1-23(2,8-4-12-33-21-19(25)13-16(24)14-20(21)26)22(30)28-17-6-10-29(11-7-17)34(31,32)18-5-3-9-27-15-18/h3,5,9,13-15,17H,4,6-8,10-12H2,1-2H3,(H,28,30). The fourth-order valence-electron chi connectivity index (χ4n) is 3.74. The van der Waals surface area contributed by atoms with Crippen LogP contribution in [0.5, 0.6) is 5.75 Å². The van der Waals surface area contributed by atoms with Gasteiger partial charge in [-0.3, -0.25) is 9.78 Å². The smallest absolute Gasteiger partial charge is 0.244 e. The predicted molar refractivity (Wildman–Crippen MR) is 119 cm³/mol. The van der Waals surface area contributed by atoms with Crippen molar-refractivity contribution >= 4 is 15.9 Å². The van der Waals surface area contributed by atoms with E-state index >= 15 is 0 Å². The van der Waals surface area contributed by atoms with Crippen molar-refractivity contribution in [1.82, 2.24) is 14.6 Å². The van der Waals surface area contributed by atoms with Crippen LogP contribution >= 0.6 is 0 Å². The Morgan fingerprint density at radius 3 is 2.44 bits per heavy atom. The quantitative estimate of drug-likeness (QED) is 0.532. The lowest BCUT2D eigenvalue weighted by Crippen LogP contribution is -2.49. The van der Waals surface area contributed by atoms with E-state index in [2.05, 4.69) is 10.3 Å². The number of pyridine rings is 1. The van der Waals surface area contributed by atoms with Gasteiger partial charge in [0.25, 0.3) is 0 Å². The minimum Gasteiger partial charge on any atom is -0.488 e. The Hall–Kier alpha value is -2.66. The summed E-state index contributed by atoms with van der Waals surface area (Å²) < 4.78 is 72.2. The summed E-state index contributed by atoms with van der Waals surface area (Å²) in [6.45, 7) is 4.03. The highest BCUT2D eigenvalue weighted by Crippen LogP contribution is 2.27. The Morgan fingerprint density at radius 1 is 1.21 bits per heavy atom. The second kappa shape index (κ2) is 10.7. The zero-order valence-electron chi connectivity index (χ0n) is 19.1. The van der Waals surface area contributed by atoms with Gasteiger partial charge in [-0.15, -0.1) is 0 Å². The summed E-state index contributed by atoms with van der Waals surface area (Å²) in [6.07, 6.45) is 4.51. The minimum atomic E-state index is -3.62. The number of carbonyl (C=O) groups is 1. The van der Waals surface area contributed by atoms with E-state index in [0.717, 1.165) is 0 Å². The van der Waals surface area contributed by atoms with Crippen molar-refractivity contribution in [2.75, 3.05) is 19.7 Å². The summed E-state index contributed by atoms with van der Waals surface area (Å²) in [4.78, 5) is 16.8. The minimum absolute atomic E-state index is 0.0409. The van der Waals surface area contributed by atoms with Gasteiger partial charge in [-0.1, -0.05) is 13.8 Å². The molecular formula is C23H28F3N3O4S. The van der Waals surface area contributed by atoms with Crippen LogP contribution in [-0.2, 0) is 14.8 Å². The maximum absolute atomic E-state index is 13.6. The van der Waals surface area contributed by atoms with Gasteiger partial charge in [-0.2, -0.15) is 4.31 Å². The molecule has 3 rings (SSSR count). The van der Waals surface area contributed by atoms with Crippen molar-refractivity contribution in [2.24, 2.45) is 5.41 Å². The molecule has 1 saturated heterocycles. The average Bonchev–Trinajstić information content (AvgIpc) is 2.79.